The summed E-state index contributed by atoms with van der Waals surface area (Å²) >= 11 is 0. The van der Waals surface area contributed by atoms with Gasteiger partial charge in [0.05, 0.1) is 0 Å². The van der Waals surface area contributed by atoms with E-state index in [4.69, 9.17) is 0 Å². The lowest BCUT2D eigenvalue weighted by Crippen LogP contribution is -1.99. The maximum absolute atomic E-state index is 13.6. The van der Waals surface area contributed by atoms with Crippen molar-refractivity contribution in [1.29, 1.82) is 0 Å². The molecule has 0 aliphatic heterocycles. The van der Waals surface area contributed by atoms with Crippen LogP contribution in [0.1, 0.15) is 27.2 Å². The van der Waals surface area contributed by atoms with Crippen LogP contribution in [0.5, 0.6) is 0 Å². The number of carbonyl (C=O) groups excluding carboxylic acids is 1. The first-order chi connectivity index (χ1) is 12.5. The quantitative estimate of drug-likeness (QED) is 0.457. The predicted molar refractivity (Wildman–Crippen MR) is 98.9 cm³/mol. The lowest BCUT2D eigenvalue weighted by atomic mass is 9.98. The van der Waals surface area contributed by atoms with Crippen LogP contribution < -0.4 is 0 Å². The van der Waals surface area contributed by atoms with E-state index in [9.17, 15) is 13.6 Å². The van der Waals surface area contributed by atoms with Gasteiger partial charge >= 0.3 is 0 Å². The minimum atomic E-state index is -0.715. The van der Waals surface area contributed by atoms with Crippen molar-refractivity contribution < 1.29 is 13.6 Å². The van der Waals surface area contributed by atoms with Gasteiger partial charge in [-0.1, -0.05) is 30.3 Å². The van der Waals surface area contributed by atoms with Crippen LogP contribution in [0.3, 0.4) is 0 Å². The average molecular weight is 349 g/mol. The van der Waals surface area contributed by atoms with Gasteiger partial charge in [-0.25, -0.2) is 8.78 Å². The van der Waals surface area contributed by atoms with Gasteiger partial charge in [-0.15, -0.1) is 0 Å². The van der Waals surface area contributed by atoms with E-state index in [1.165, 1.54) is 11.6 Å². The fraction of sp³-hybridized carbons (Fsp3) is 0.0909. The molecule has 0 saturated carbocycles. The highest BCUT2D eigenvalue weighted by atomic mass is 19.1. The minimum Gasteiger partial charge on any atom is -0.288 e. The maximum Gasteiger partial charge on any atom is 0.204 e. The van der Waals surface area contributed by atoms with Crippen LogP contribution in [0.15, 0.2) is 60.8 Å². The normalized spacial score (nSPS) is 11.1. The number of hydrogen-bond donors (Lipinski definition) is 0. The Morgan fingerprint density at radius 3 is 2.31 bits per heavy atom. The van der Waals surface area contributed by atoms with Gasteiger partial charge in [0.2, 0.25) is 5.78 Å². The zero-order chi connectivity index (χ0) is 18.7. The van der Waals surface area contributed by atoms with Crippen molar-refractivity contribution in [2.75, 3.05) is 0 Å². The number of rotatable bonds is 4. The number of aryl methyl sites for hydroxylation is 1. The van der Waals surface area contributed by atoms with E-state index in [-0.39, 0.29) is 11.3 Å². The third-order valence-electron chi connectivity index (χ3n) is 4.33. The lowest BCUT2D eigenvalue weighted by molar-refractivity contribution is 0.104. The van der Waals surface area contributed by atoms with Gasteiger partial charge in [-0.3, -0.25) is 9.78 Å². The molecular formula is C22H17F2NO. The van der Waals surface area contributed by atoms with E-state index in [1.54, 1.807) is 12.3 Å². The fourth-order valence-electron chi connectivity index (χ4n) is 2.68. The van der Waals surface area contributed by atoms with Crippen molar-refractivity contribution in [2.45, 2.75) is 13.8 Å². The molecule has 0 spiro atoms. The van der Waals surface area contributed by atoms with E-state index >= 15 is 0 Å². The summed E-state index contributed by atoms with van der Waals surface area (Å²) < 4.78 is 27.2. The molecule has 1 heterocycles. The van der Waals surface area contributed by atoms with Crippen molar-refractivity contribution in [3.63, 3.8) is 0 Å². The zero-order valence-electron chi connectivity index (χ0n) is 14.5. The second-order valence-electron chi connectivity index (χ2n) is 6.01. The van der Waals surface area contributed by atoms with E-state index in [2.05, 4.69) is 4.98 Å². The van der Waals surface area contributed by atoms with Crippen LogP contribution in [0.2, 0.25) is 0 Å². The molecule has 1 aromatic heterocycles. The molecule has 0 N–H and O–H groups in total. The van der Waals surface area contributed by atoms with Crippen LogP contribution in [0.4, 0.5) is 8.78 Å². The van der Waals surface area contributed by atoms with Crippen LogP contribution in [-0.2, 0) is 0 Å². The standard InChI is InChI=1S/C22H17F2NO/c1-14-5-3-6-17(15(14)2)16-9-11-21(25-13-16)22(26)12-10-18-19(23)7-4-8-20(18)24/h3-13H,1-2H3/b12-10+. The Balaban J connectivity index is 1.83. The monoisotopic (exact) mass is 349 g/mol. The van der Waals surface area contributed by atoms with Gasteiger partial charge in [0, 0.05) is 17.3 Å². The van der Waals surface area contributed by atoms with Gasteiger partial charge in [0.25, 0.3) is 0 Å². The molecule has 130 valence electrons. The molecule has 2 nitrogen and oxygen atoms in total. The maximum atomic E-state index is 13.6. The zero-order valence-corrected chi connectivity index (χ0v) is 14.5. The first-order valence-electron chi connectivity index (χ1n) is 8.16. The summed E-state index contributed by atoms with van der Waals surface area (Å²) in [6, 6.07) is 13.0. The topological polar surface area (TPSA) is 30.0 Å². The fourth-order valence-corrected chi connectivity index (χ4v) is 2.68. The number of allylic oxidation sites excluding steroid dienone is 1. The molecule has 2 aromatic carbocycles. The Morgan fingerprint density at radius 2 is 1.65 bits per heavy atom. The molecule has 0 aliphatic carbocycles. The molecule has 0 radical (unpaired) electrons. The highest BCUT2D eigenvalue weighted by Crippen LogP contribution is 2.25. The van der Waals surface area contributed by atoms with Crippen LogP contribution in [-0.4, -0.2) is 10.8 Å². The number of benzene rings is 2. The first-order valence-corrected chi connectivity index (χ1v) is 8.16. The SMILES string of the molecule is Cc1cccc(-c2ccc(C(=O)/C=C/c3c(F)cccc3F)nc2)c1C. The Labute approximate surface area is 150 Å². The number of aromatic nitrogens is 1. The van der Waals surface area contributed by atoms with Crippen molar-refractivity contribution in [1.82, 2.24) is 4.98 Å². The summed E-state index contributed by atoms with van der Waals surface area (Å²) in [7, 11) is 0. The molecule has 3 rings (SSSR count). The lowest BCUT2D eigenvalue weighted by Gasteiger charge is -2.08. The highest BCUT2D eigenvalue weighted by molar-refractivity contribution is 6.05. The third kappa shape index (κ3) is 3.59. The van der Waals surface area contributed by atoms with Crippen LogP contribution in [0.25, 0.3) is 17.2 Å². The smallest absolute Gasteiger partial charge is 0.204 e. The summed E-state index contributed by atoms with van der Waals surface area (Å²) in [6.07, 6.45) is 3.89. The van der Waals surface area contributed by atoms with Gasteiger partial charge in [-0.05, 0) is 60.9 Å². The summed E-state index contributed by atoms with van der Waals surface area (Å²) in [5.74, 6) is -1.85. The Morgan fingerprint density at radius 1 is 0.962 bits per heavy atom. The van der Waals surface area contributed by atoms with E-state index in [0.717, 1.165) is 41.0 Å². The number of halogens is 2. The predicted octanol–water partition coefficient (Wildman–Crippen LogP) is 5.54. The second kappa shape index (κ2) is 7.40. The first kappa shape index (κ1) is 17.7. The molecule has 26 heavy (non-hydrogen) atoms. The van der Waals surface area contributed by atoms with Crippen molar-refractivity contribution in [3.05, 3.63) is 94.8 Å². The number of pyridine rings is 1. The molecule has 0 atom stereocenters. The summed E-state index contributed by atoms with van der Waals surface area (Å²) in [5, 5.41) is 0. The second-order valence-corrected chi connectivity index (χ2v) is 6.01. The minimum absolute atomic E-state index is 0.215. The summed E-state index contributed by atoms with van der Waals surface area (Å²) in [4.78, 5) is 16.4. The molecule has 3 aromatic rings. The molecule has 0 bridgehead atoms. The Bertz CT molecular complexity index is 971. The van der Waals surface area contributed by atoms with Gasteiger partial charge in [0.1, 0.15) is 17.3 Å². The van der Waals surface area contributed by atoms with E-state index in [0.29, 0.717) is 0 Å². The van der Waals surface area contributed by atoms with Gasteiger partial charge in [-0.2, -0.15) is 0 Å². The van der Waals surface area contributed by atoms with Crippen LogP contribution >= 0.6 is 0 Å². The molecular weight excluding hydrogens is 332 g/mol. The Kier molecular flexibility index (Phi) is 5.03. The summed E-state index contributed by atoms with van der Waals surface area (Å²) in [6.45, 7) is 4.08. The van der Waals surface area contributed by atoms with Gasteiger partial charge < -0.3 is 0 Å². The number of ketones is 1. The number of carbonyl (C=O) groups is 1. The van der Waals surface area contributed by atoms with Crippen molar-refractivity contribution in [2.24, 2.45) is 0 Å². The van der Waals surface area contributed by atoms with E-state index < -0.39 is 17.4 Å². The van der Waals surface area contributed by atoms with Crippen molar-refractivity contribution in [3.8, 4) is 11.1 Å². The number of hydrogen-bond acceptors (Lipinski definition) is 2. The van der Waals surface area contributed by atoms with Gasteiger partial charge in [0.15, 0.2) is 0 Å². The summed E-state index contributed by atoms with van der Waals surface area (Å²) in [5.41, 5.74) is 4.27. The molecule has 4 heteroatoms. The molecule has 0 amide bonds. The van der Waals surface area contributed by atoms with Crippen LogP contribution in [0, 0.1) is 25.5 Å². The molecule has 0 unspecified atom stereocenters. The van der Waals surface area contributed by atoms with E-state index in [1.807, 2.05) is 38.1 Å². The molecule has 0 fully saturated rings. The highest BCUT2D eigenvalue weighted by Gasteiger charge is 2.09. The molecule has 0 aliphatic rings. The third-order valence-corrected chi connectivity index (χ3v) is 4.33. The molecule has 0 saturated heterocycles. The number of nitrogens with zero attached hydrogens (tertiary/aromatic N) is 1. The van der Waals surface area contributed by atoms with Crippen molar-refractivity contribution >= 4 is 11.9 Å². The Hall–Kier alpha value is -3.14. The largest absolute Gasteiger partial charge is 0.288 e. The average Bonchev–Trinajstić information content (AvgIpc) is 2.63.